The molecule has 1 atom stereocenters. The van der Waals surface area contributed by atoms with Gasteiger partial charge in [0, 0.05) is 17.8 Å². The minimum atomic E-state index is -3.79. The van der Waals surface area contributed by atoms with E-state index >= 15 is 0 Å². The van der Waals surface area contributed by atoms with Crippen LogP contribution in [0.3, 0.4) is 0 Å². The highest BCUT2D eigenvalue weighted by atomic mass is 32.2. The van der Waals surface area contributed by atoms with Crippen molar-refractivity contribution >= 4 is 21.6 Å². The van der Waals surface area contributed by atoms with Gasteiger partial charge >= 0.3 is 0 Å². The molecule has 2 N–H and O–H groups in total. The van der Waals surface area contributed by atoms with Crippen molar-refractivity contribution in [1.82, 2.24) is 10.2 Å². The molecule has 1 fully saturated rings. The fraction of sp³-hybridized carbons (Fsp3) is 0.320. The lowest BCUT2D eigenvalue weighted by Gasteiger charge is -2.26. The molecule has 0 unspecified atom stereocenters. The van der Waals surface area contributed by atoms with Crippen molar-refractivity contribution in [3.05, 3.63) is 78.3 Å². The van der Waals surface area contributed by atoms with E-state index < -0.39 is 10.0 Å². The number of likely N-dealkylation sites (tertiary alicyclic amines) is 1. The van der Waals surface area contributed by atoms with Gasteiger partial charge < -0.3 is 14.5 Å². The number of furan rings is 1. The third-order valence-electron chi connectivity index (χ3n) is 5.75. The number of nitrogens with one attached hydrogen (secondary N) is 2. The van der Waals surface area contributed by atoms with Gasteiger partial charge in [-0.2, -0.15) is 0 Å². The first-order valence-electron chi connectivity index (χ1n) is 11.4. The topological polar surface area (TPSA) is 101 Å². The van der Waals surface area contributed by atoms with E-state index in [-0.39, 0.29) is 16.8 Å². The number of hydrogen-bond donors (Lipinski definition) is 2. The molecule has 1 aliphatic rings. The van der Waals surface area contributed by atoms with Crippen molar-refractivity contribution in [3.63, 3.8) is 0 Å². The first-order valence-corrected chi connectivity index (χ1v) is 12.9. The average Bonchev–Trinajstić information content (AvgIpc) is 3.56. The molecule has 4 rings (SSSR count). The monoisotopic (exact) mass is 483 g/mol. The number of anilines is 1. The van der Waals surface area contributed by atoms with Crippen molar-refractivity contribution in [3.8, 4) is 5.75 Å². The Morgan fingerprint density at radius 3 is 2.38 bits per heavy atom. The lowest BCUT2D eigenvalue weighted by atomic mass is 10.1. The number of carbonyl (C=O) groups excluding carboxylic acids is 1. The van der Waals surface area contributed by atoms with E-state index in [4.69, 9.17) is 9.15 Å². The summed E-state index contributed by atoms with van der Waals surface area (Å²) in [6.45, 7) is 4.76. The first-order chi connectivity index (χ1) is 16.5. The van der Waals surface area contributed by atoms with Gasteiger partial charge in [-0.15, -0.1) is 0 Å². The number of benzene rings is 2. The van der Waals surface area contributed by atoms with Crippen LogP contribution in [0.25, 0.3) is 0 Å². The third kappa shape index (κ3) is 5.78. The van der Waals surface area contributed by atoms with Crippen molar-refractivity contribution in [2.45, 2.75) is 30.7 Å². The highest BCUT2D eigenvalue weighted by molar-refractivity contribution is 7.92. The predicted octanol–water partition coefficient (Wildman–Crippen LogP) is 4.05. The van der Waals surface area contributed by atoms with E-state index in [9.17, 15) is 13.2 Å². The second-order valence-corrected chi connectivity index (χ2v) is 9.75. The summed E-state index contributed by atoms with van der Waals surface area (Å²) < 4.78 is 39.0. The minimum Gasteiger partial charge on any atom is -0.494 e. The molecule has 34 heavy (non-hydrogen) atoms. The number of hydrogen-bond acceptors (Lipinski definition) is 6. The molecule has 2 aromatic carbocycles. The molecule has 8 nitrogen and oxygen atoms in total. The van der Waals surface area contributed by atoms with Crippen LogP contribution in [0.1, 0.15) is 41.9 Å². The van der Waals surface area contributed by atoms with E-state index in [1.807, 2.05) is 19.1 Å². The highest BCUT2D eigenvalue weighted by Gasteiger charge is 2.26. The lowest BCUT2D eigenvalue weighted by molar-refractivity contribution is 0.0933. The standard InChI is InChI=1S/C25H29N3O5S/c1-2-32-21-11-9-20(10-12-21)27-34(30,31)22-13-7-19(8-14-22)25(29)26-18-23(24-6-5-17-33-24)28-15-3-4-16-28/h5-14,17,23,27H,2-4,15-16,18H2,1H3,(H,26,29)/t23-/m0/s1. The van der Waals surface area contributed by atoms with Crippen LogP contribution < -0.4 is 14.8 Å². The van der Waals surface area contributed by atoms with E-state index in [1.54, 1.807) is 30.5 Å². The van der Waals surface area contributed by atoms with Gasteiger partial charge in [-0.1, -0.05) is 0 Å². The van der Waals surface area contributed by atoms with Gasteiger partial charge in [-0.05, 0) is 93.5 Å². The summed E-state index contributed by atoms with van der Waals surface area (Å²) in [5.41, 5.74) is 0.816. The van der Waals surface area contributed by atoms with Gasteiger partial charge in [0.05, 0.1) is 23.8 Å². The first kappa shape index (κ1) is 23.8. The number of sulfonamides is 1. The van der Waals surface area contributed by atoms with Gasteiger partial charge in [-0.25, -0.2) is 8.42 Å². The smallest absolute Gasteiger partial charge is 0.261 e. The van der Waals surface area contributed by atoms with Crippen LogP contribution in [0.4, 0.5) is 5.69 Å². The molecule has 2 heterocycles. The van der Waals surface area contributed by atoms with Gasteiger partial charge in [0.2, 0.25) is 0 Å². The summed E-state index contributed by atoms with van der Waals surface area (Å²) in [4.78, 5) is 15.1. The van der Waals surface area contributed by atoms with Crippen LogP contribution in [-0.2, 0) is 10.0 Å². The molecule has 1 amide bonds. The summed E-state index contributed by atoms with van der Waals surface area (Å²) >= 11 is 0. The normalized spacial score (nSPS) is 15.1. The quantitative estimate of drug-likeness (QED) is 0.451. The van der Waals surface area contributed by atoms with Gasteiger partial charge in [-0.3, -0.25) is 14.4 Å². The number of ether oxygens (including phenoxy) is 1. The SMILES string of the molecule is CCOc1ccc(NS(=O)(=O)c2ccc(C(=O)NC[C@@H](c3ccco3)N3CCCC3)cc2)cc1. The molecule has 0 bridgehead atoms. The van der Waals surface area contributed by atoms with Gasteiger partial charge in [0.1, 0.15) is 11.5 Å². The summed E-state index contributed by atoms with van der Waals surface area (Å²) in [7, 11) is -3.79. The van der Waals surface area contributed by atoms with Crippen molar-refractivity contribution < 1.29 is 22.4 Å². The maximum Gasteiger partial charge on any atom is 0.261 e. The van der Waals surface area contributed by atoms with E-state index in [2.05, 4.69) is 14.9 Å². The fourth-order valence-corrected chi connectivity index (χ4v) is 5.08. The number of carbonyl (C=O) groups is 1. The molecule has 1 aliphatic heterocycles. The van der Waals surface area contributed by atoms with Crippen molar-refractivity contribution in [1.29, 1.82) is 0 Å². The molecule has 0 radical (unpaired) electrons. The zero-order valence-electron chi connectivity index (χ0n) is 19.1. The molecule has 9 heteroatoms. The van der Waals surface area contributed by atoms with Crippen LogP contribution in [0.5, 0.6) is 5.75 Å². The maximum absolute atomic E-state index is 12.7. The number of nitrogens with zero attached hydrogens (tertiary/aromatic N) is 1. The van der Waals surface area contributed by atoms with E-state index in [0.717, 1.165) is 31.7 Å². The molecule has 0 saturated carbocycles. The molecule has 1 saturated heterocycles. The Bertz CT molecular complexity index is 1170. The molecular formula is C25H29N3O5S. The van der Waals surface area contributed by atoms with Gasteiger partial charge in [0.15, 0.2) is 0 Å². The van der Waals surface area contributed by atoms with Crippen molar-refractivity contribution in [2.24, 2.45) is 0 Å². The van der Waals surface area contributed by atoms with Crippen LogP contribution in [-0.4, -0.2) is 45.5 Å². The largest absolute Gasteiger partial charge is 0.494 e. The second kappa shape index (κ2) is 10.8. The van der Waals surface area contributed by atoms with E-state index in [1.165, 1.54) is 24.3 Å². The molecular weight excluding hydrogens is 454 g/mol. The summed E-state index contributed by atoms with van der Waals surface area (Å²) in [6, 6.07) is 16.3. The molecule has 0 aliphatic carbocycles. The summed E-state index contributed by atoms with van der Waals surface area (Å²) in [5, 5.41) is 2.96. The summed E-state index contributed by atoms with van der Waals surface area (Å²) in [6.07, 6.45) is 3.90. The number of rotatable bonds is 10. The molecule has 0 spiro atoms. The summed E-state index contributed by atoms with van der Waals surface area (Å²) in [5.74, 6) is 1.23. The zero-order chi connectivity index (χ0) is 24.0. The van der Waals surface area contributed by atoms with Crippen LogP contribution in [0.15, 0.2) is 76.2 Å². The molecule has 180 valence electrons. The van der Waals surface area contributed by atoms with Gasteiger partial charge in [0.25, 0.3) is 15.9 Å². The van der Waals surface area contributed by atoms with E-state index in [0.29, 0.717) is 30.2 Å². The Labute approximate surface area is 200 Å². The zero-order valence-corrected chi connectivity index (χ0v) is 19.9. The maximum atomic E-state index is 12.7. The highest BCUT2D eigenvalue weighted by Crippen LogP contribution is 2.25. The predicted molar refractivity (Wildman–Crippen MR) is 129 cm³/mol. The molecule has 1 aromatic heterocycles. The fourth-order valence-electron chi connectivity index (χ4n) is 4.02. The third-order valence-corrected chi connectivity index (χ3v) is 7.15. The second-order valence-electron chi connectivity index (χ2n) is 8.07. The Morgan fingerprint density at radius 1 is 1.06 bits per heavy atom. The Hall–Kier alpha value is -3.30. The minimum absolute atomic E-state index is 0.0283. The van der Waals surface area contributed by atoms with Crippen LogP contribution in [0.2, 0.25) is 0 Å². The Balaban J connectivity index is 1.38. The van der Waals surface area contributed by atoms with Crippen molar-refractivity contribution in [2.75, 3.05) is 31.0 Å². The van der Waals surface area contributed by atoms with Crippen LogP contribution >= 0.6 is 0 Å². The lowest BCUT2D eigenvalue weighted by Crippen LogP contribution is -2.36. The number of amides is 1. The average molecular weight is 484 g/mol. The van der Waals surface area contributed by atoms with Crippen LogP contribution in [0, 0.1) is 0 Å². The Kier molecular flexibility index (Phi) is 7.54. The molecule has 3 aromatic rings. The Morgan fingerprint density at radius 2 is 1.76 bits per heavy atom.